The molecule has 0 aliphatic heterocycles. The van der Waals surface area contributed by atoms with Crippen LogP contribution in [0, 0.1) is 0 Å². The zero-order valence-electron chi connectivity index (χ0n) is 8.11. The Morgan fingerprint density at radius 1 is 1.31 bits per heavy atom. The smallest absolute Gasteiger partial charge is 0.446 e. The Bertz CT molecular complexity index is 415. The van der Waals surface area contributed by atoms with Crippen LogP contribution < -0.4 is 9.92 Å². The summed E-state index contributed by atoms with van der Waals surface area (Å²) in [5, 5.41) is 7.60. The van der Waals surface area contributed by atoms with E-state index in [1.54, 1.807) is 18.2 Å². The maximum atomic E-state index is 10.1. The van der Waals surface area contributed by atoms with E-state index in [1.165, 1.54) is 12.1 Å². The molecule has 0 radical (unpaired) electrons. The van der Waals surface area contributed by atoms with Gasteiger partial charge >= 0.3 is 16.4 Å². The van der Waals surface area contributed by atoms with Crippen molar-refractivity contribution in [1.82, 2.24) is 0 Å². The van der Waals surface area contributed by atoms with Crippen LogP contribution in [0.15, 0.2) is 30.3 Å². The van der Waals surface area contributed by atoms with Gasteiger partial charge in [-0.3, -0.25) is 9.35 Å². The first-order valence-electron chi connectivity index (χ1n) is 3.99. The fourth-order valence-electron chi connectivity index (χ4n) is 0.598. The van der Waals surface area contributed by atoms with Crippen LogP contribution in [0.3, 0.4) is 0 Å². The summed E-state index contributed by atoms with van der Waals surface area (Å²) in [4.78, 5) is 9.24. The second-order valence-corrected chi connectivity index (χ2v) is 3.44. The predicted molar refractivity (Wildman–Crippen MR) is 55.3 cm³/mol. The van der Waals surface area contributed by atoms with Gasteiger partial charge in [-0.1, -0.05) is 18.2 Å². The van der Waals surface area contributed by atoms with Crippen molar-refractivity contribution in [1.29, 1.82) is 0 Å². The Kier molecular flexibility index (Phi) is 6.08. The molecule has 1 rings (SSSR count). The molecular weight excluding hydrogens is 238 g/mol. The number of hydrogen-bond acceptors (Lipinski definition) is 5. The van der Waals surface area contributed by atoms with Gasteiger partial charge in [0.2, 0.25) is 0 Å². The van der Waals surface area contributed by atoms with Gasteiger partial charge in [-0.25, -0.2) is 0 Å². The van der Waals surface area contributed by atoms with E-state index in [0.29, 0.717) is 0 Å². The summed E-state index contributed by atoms with van der Waals surface area (Å²) in [6.07, 6.45) is 0. The highest BCUT2D eigenvalue weighted by atomic mass is 32.3. The lowest BCUT2D eigenvalue weighted by Gasteiger charge is -1.98. The topological polar surface area (TPSA) is 127 Å². The number of aliphatic carboxylic acids is 1. The Morgan fingerprint density at radius 2 is 1.75 bits per heavy atom. The number of carbonyl (C=O) groups is 1. The summed E-state index contributed by atoms with van der Waals surface area (Å²) in [6.45, 7) is -0.278. The number of benzene rings is 1. The van der Waals surface area contributed by atoms with Crippen molar-refractivity contribution in [3.8, 4) is 5.75 Å². The third-order valence-corrected chi connectivity index (χ3v) is 1.52. The zero-order chi connectivity index (χ0) is 12.6. The normalized spacial score (nSPS) is 9.88. The quantitative estimate of drug-likeness (QED) is 0.638. The van der Waals surface area contributed by atoms with Gasteiger partial charge in [-0.05, 0) is 12.1 Å². The largest absolute Gasteiger partial charge is 0.480 e. The minimum Gasteiger partial charge on any atom is -0.480 e. The maximum Gasteiger partial charge on any atom is 0.446 e. The molecule has 0 saturated heterocycles. The molecule has 0 aliphatic rings. The van der Waals surface area contributed by atoms with Gasteiger partial charge < -0.3 is 15.0 Å². The summed E-state index contributed by atoms with van der Waals surface area (Å²) >= 11 is 0. The first kappa shape index (κ1) is 14.4. The number of carboxylic acids is 1. The van der Waals surface area contributed by atoms with Crippen LogP contribution in [-0.2, 0) is 15.2 Å². The summed E-state index contributed by atoms with van der Waals surface area (Å²) in [6, 6.07) is 7.75. The zero-order valence-corrected chi connectivity index (χ0v) is 8.92. The van der Waals surface area contributed by atoms with Gasteiger partial charge in [0.1, 0.15) is 5.75 Å². The molecule has 0 bridgehead atoms. The molecule has 0 aliphatic carbocycles. The van der Waals surface area contributed by atoms with Gasteiger partial charge in [-0.2, -0.15) is 8.42 Å². The van der Waals surface area contributed by atoms with Crippen LogP contribution in [0.25, 0.3) is 0 Å². The van der Waals surface area contributed by atoms with Gasteiger partial charge in [-0.15, -0.1) is 0 Å². The maximum absolute atomic E-state index is 10.1. The van der Waals surface area contributed by atoms with E-state index in [-0.39, 0.29) is 12.3 Å². The highest BCUT2D eigenvalue weighted by molar-refractivity contribution is 7.81. The Hall–Kier alpha value is -1.64. The molecular formula is C8H11NO6S. The van der Waals surface area contributed by atoms with Gasteiger partial charge in [0.05, 0.1) is 6.54 Å². The first-order chi connectivity index (χ1) is 7.35. The average molecular weight is 249 g/mol. The third-order valence-electron chi connectivity index (χ3n) is 1.12. The van der Waals surface area contributed by atoms with Crippen molar-refractivity contribution in [2.45, 2.75) is 0 Å². The number of para-hydroxylation sites is 1. The van der Waals surface area contributed by atoms with Crippen molar-refractivity contribution in [3.05, 3.63) is 30.3 Å². The Morgan fingerprint density at radius 3 is 2.06 bits per heavy atom. The molecule has 1 aromatic rings. The van der Waals surface area contributed by atoms with E-state index < -0.39 is 16.4 Å². The monoisotopic (exact) mass is 249 g/mol. The van der Waals surface area contributed by atoms with E-state index in [2.05, 4.69) is 9.92 Å². The Labute approximate surface area is 92.4 Å². The van der Waals surface area contributed by atoms with Gasteiger partial charge in [0.15, 0.2) is 0 Å². The lowest BCUT2D eigenvalue weighted by Crippen LogP contribution is -2.10. The van der Waals surface area contributed by atoms with E-state index >= 15 is 0 Å². The highest BCUT2D eigenvalue weighted by Gasteiger charge is 2.04. The molecule has 0 atom stereocenters. The average Bonchev–Trinajstić information content (AvgIpc) is 2.17. The van der Waals surface area contributed by atoms with E-state index in [9.17, 15) is 13.2 Å². The molecule has 0 spiro atoms. The standard InChI is InChI=1S/C6H6O4S.C2H5NO2/c7-11(8,9)10-6-4-2-1-3-5-6;3-1-2(4)5/h1-5H,(H,7,8,9);1,3H2,(H,4,5). The number of carboxylic acid groups (broad SMARTS) is 1. The molecule has 0 amide bonds. The van der Waals surface area contributed by atoms with Crippen molar-refractivity contribution in [2.24, 2.45) is 5.73 Å². The molecule has 0 unspecified atom stereocenters. The highest BCUT2D eigenvalue weighted by Crippen LogP contribution is 2.09. The summed E-state index contributed by atoms with van der Waals surface area (Å²) in [5.74, 6) is -0.875. The molecule has 0 fully saturated rings. The predicted octanol–water partition coefficient (Wildman–Crippen LogP) is -0.102. The molecule has 90 valence electrons. The van der Waals surface area contributed by atoms with Gasteiger partial charge in [0, 0.05) is 0 Å². The van der Waals surface area contributed by atoms with Crippen LogP contribution in [0.1, 0.15) is 0 Å². The number of hydrogen-bond donors (Lipinski definition) is 3. The SMILES string of the molecule is NCC(=O)O.O=S(=O)(O)Oc1ccccc1. The summed E-state index contributed by atoms with van der Waals surface area (Å²) in [5.41, 5.74) is 4.57. The fourth-order valence-corrected chi connectivity index (χ4v) is 0.952. The van der Waals surface area contributed by atoms with Crippen LogP contribution in [0.5, 0.6) is 5.75 Å². The van der Waals surface area contributed by atoms with Crippen LogP contribution in [-0.4, -0.2) is 30.6 Å². The van der Waals surface area contributed by atoms with Crippen LogP contribution in [0.4, 0.5) is 0 Å². The molecule has 16 heavy (non-hydrogen) atoms. The molecule has 0 aromatic heterocycles. The molecule has 8 heteroatoms. The van der Waals surface area contributed by atoms with Crippen molar-refractivity contribution in [2.75, 3.05) is 6.54 Å². The molecule has 0 saturated carbocycles. The van der Waals surface area contributed by atoms with Crippen molar-refractivity contribution >= 4 is 16.4 Å². The van der Waals surface area contributed by atoms with Crippen molar-refractivity contribution in [3.63, 3.8) is 0 Å². The van der Waals surface area contributed by atoms with Gasteiger partial charge in [0.25, 0.3) is 0 Å². The number of nitrogens with two attached hydrogens (primary N) is 1. The summed E-state index contributed by atoms with van der Waals surface area (Å²) < 4.78 is 32.6. The minimum atomic E-state index is -4.38. The van der Waals surface area contributed by atoms with Crippen LogP contribution >= 0.6 is 0 Å². The van der Waals surface area contributed by atoms with E-state index in [0.717, 1.165) is 0 Å². The van der Waals surface area contributed by atoms with Crippen LogP contribution in [0.2, 0.25) is 0 Å². The lowest BCUT2D eigenvalue weighted by atomic mass is 10.3. The van der Waals surface area contributed by atoms with Crippen molar-refractivity contribution < 1.29 is 27.1 Å². The first-order valence-corrected chi connectivity index (χ1v) is 5.35. The lowest BCUT2D eigenvalue weighted by molar-refractivity contribution is -0.135. The molecule has 4 N–H and O–H groups in total. The third kappa shape index (κ3) is 8.94. The molecule has 1 aromatic carbocycles. The molecule has 0 heterocycles. The second kappa shape index (κ2) is 6.77. The fraction of sp³-hybridized carbons (Fsp3) is 0.125. The van der Waals surface area contributed by atoms with E-state index in [1.807, 2.05) is 0 Å². The number of rotatable bonds is 3. The minimum absolute atomic E-state index is 0.0926. The Balaban J connectivity index is 0.000000385. The summed E-state index contributed by atoms with van der Waals surface area (Å²) in [7, 11) is -4.38. The molecule has 7 nitrogen and oxygen atoms in total. The van der Waals surface area contributed by atoms with E-state index in [4.69, 9.17) is 9.66 Å². The second-order valence-electron chi connectivity index (χ2n) is 2.42.